The van der Waals surface area contributed by atoms with Crippen molar-refractivity contribution < 1.29 is 72.6 Å². The number of aliphatic hydroxyl groups excluding tert-OH is 5. The van der Waals surface area contributed by atoms with E-state index < -0.39 is 89.7 Å². The van der Waals surface area contributed by atoms with E-state index >= 15 is 0 Å². The number of nitrogens with two attached hydrogens (primary N) is 2. The lowest BCUT2D eigenvalue weighted by Crippen LogP contribution is -2.94. The molecular formula is C16H27N4O15P2-. The number of hydrogen-bond donors (Lipinski definition) is 7. The van der Waals surface area contributed by atoms with Crippen LogP contribution in [0.2, 0.25) is 0 Å². The minimum atomic E-state index is -5.76. The maximum Gasteiger partial charge on any atom is 0.351 e. The molecule has 212 valence electrons. The Morgan fingerprint density at radius 3 is 2.35 bits per heavy atom. The van der Waals surface area contributed by atoms with Gasteiger partial charge in [-0.3, -0.25) is 18.2 Å². The molecule has 0 saturated carbocycles. The zero-order valence-corrected chi connectivity index (χ0v) is 20.8. The van der Waals surface area contributed by atoms with Crippen LogP contribution in [0.5, 0.6) is 0 Å². The van der Waals surface area contributed by atoms with Crippen molar-refractivity contribution in [3.63, 3.8) is 0 Å². The van der Waals surface area contributed by atoms with Gasteiger partial charge in [-0.1, -0.05) is 0 Å². The van der Waals surface area contributed by atoms with Crippen molar-refractivity contribution in [3.8, 4) is 0 Å². The Balaban J connectivity index is 1.62. The van der Waals surface area contributed by atoms with E-state index in [0.717, 1.165) is 10.8 Å². The molecule has 37 heavy (non-hydrogen) atoms. The lowest BCUT2D eigenvalue weighted by molar-refractivity contribution is -0.693. The maximum absolute atomic E-state index is 12.2. The molecule has 3 rings (SSSR count). The minimum absolute atomic E-state index is 0.123. The fourth-order valence-electron chi connectivity index (χ4n) is 3.73. The van der Waals surface area contributed by atoms with Crippen molar-refractivity contribution in [2.75, 3.05) is 26.0 Å². The van der Waals surface area contributed by atoms with E-state index in [1.807, 2.05) is 0 Å². The van der Waals surface area contributed by atoms with E-state index in [4.69, 9.17) is 15.2 Å². The third-order valence-electron chi connectivity index (χ3n) is 5.61. The molecule has 19 nitrogen and oxygen atoms in total. The Morgan fingerprint density at radius 2 is 1.76 bits per heavy atom. The summed E-state index contributed by atoms with van der Waals surface area (Å²) in [5.74, 6) is -0.123. The van der Waals surface area contributed by atoms with Crippen LogP contribution in [0.4, 0.5) is 5.82 Å². The van der Waals surface area contributed by atoms with Crippen LogP contribution in [-0.2, 0) is 32.0 Å². The van der Waals surface area contributed by atoms with Gasteiger partial charge in [-0.05, 0) is 6.07 Å². The van der Waals surface area contributed by atoms with Crippen molar-refractivity contribution in [2.45, 2.75) is 55.2 Å². The molecule has 21 heteroatoms. The first-order valence-electron chi connectivity index (χ1n) is 10.6. The highest BCUT2D eigenvalue weighted by molar-refractivity contribution is 7.59. The third-order valence-corrected chi connectivity index (χ3v) is 8.14. The second kappa shape index (κ2) is 11.8. The number of anilines is 1. The number of rotatable bonds is 10. The Hall–Kier alpha value is -1.38. The van der Waals surface area contributed by atoms with E-state index in [1.165, 1.54) is 18.4 Å². The molecule has 0 bridgehead atoms. The summed E-state index contributed by atoms with van der Waals surface area (Å²) in [6.07, 6.45) is -12.0. The van der Waals surface area contributed by atoms with Crippen LogP contribution in [0.3, 0.4) is 0 Å². The molecule has 3 heterocycles. The molecule has 2 unspecified atom stereocenters. The van der Waals surface area contributed by atoms with E-state index in [9.17, 15) is 49.2 Å². The molecule has 0 radical (unpaired) electrons. The van der Waals surface area contributed by atoms with E-state index in [0.29, 0.717) is 0 Å². The molecule has 0 spiro atoms. The van der Waals surface area contributed by atoms with Gasteiger partial charge in [-0.15, -0.1) is 0 Å². The summed E-state index contributed by atoms with van der Waals surface area (Å²) in [6.45, 7) is -1.87. The molecule has 11 atom stereocenters. The largest absolute Gasteiger partial charge is 0.756 e. The number of nitrogen functional groups attached to an aromatic ring is 1. The smallest absolute Gasteiger partial charge is 0.351 e. The number of ether oxygens (including phenoxy) is 2. The van der Waals surface area contributed by atoms with E-state index in [2.05, 4.69) is 18.3 Å². The first-order chi connectivity index (χ1) is 17.2. The van der Waals surface area contributed by atoms with Crippen LogP contribution < -0.4 is 26.5 Å². The fourth-order valence-corrected chi connectivity index (χ4v) is 5.82. The summed E-state index contributed by atoms with van der Waals surface area (Å²) in [5, 5.41) is 50.8. The zero-order valence-electron chi connectivity index (χ0n) is 19.0. The second-order valence-electron chi connectivity index (χ2n) is 8.08. The average molecular weight is 577 g/mol. The Labute approximate surface area is 208 Å². The fraction of sp³-hybridized carbons (Fsp3) is 0.750. The predicted octanol–water partition coefficient (Wildman–Crippen LogP) is -6.57. The van der Waals surface area contributed by atoms with Crippen LogP contribution in [0.1, 0.15) is 6.23 Å². The molecule has 1 aromatic heterocycles. The van der Waals surface area contributed by atoms with Crippen LogP contribution in [-0.4, -0.2) is 104 Å². The number of likely N-dealkylation sites (N-methyl/N-ethyl adjacent to an activating group) is 1. The Bertz CT molecular complexity index is 1090. The van der Waals surface area contributed by atoms with Gasteiger partial charge in [0.1, 0.15) is 42.4 Å². The monoisotopic (exact) mass is 577 g/mol. The van der Waals surface area contributed by atoms with Gasteiger partial charge >= 0.3 is 5.69 Å². The first-order valence-corrected chi connectivity index (χ1v) is 13.6. The predicted molar refractivity (Wildman–Crippen MR) is 112 cm³/mol. The van der Waals surface area contributed by atoms with Crippen molar-refractivity contribution in [3.05, 3.63) is 22.7 Å². The number of quaternary nitrogens is 1. The molecule has 2 aliphatic rings. The van der Waals surface area contributed by atoms with Crippen molar-refractivity contribution in [2.24, 2.45) is 0 Å². The van der Waals surface area contributed by atoms with Crippen LogP contribution in [0.15, 0.2) is 17.1 Å². The number of aromatic nitrogens is 2. The molecule has 0 aromatic carbocycles. The molecule has 2 saturated heterocycles. The molecule has 2 aliphatic heterocycles. The van der Waals surface area contributed by atoms with Crippen LogP contribution >= 0.6 is 15.6 Å². The number of aliphatic hydroxyl groups is 5. The van der Waals surface area contributed by atoms with Gasteiger partial charge in [0.25, 0.3) is 15.6 Å². The van der Waals surface area contributed by atoms with Crippen molar-refractivity contribution in [1.29, 1.82) is 0 Å². The maximum atomic E-state index is 12.2. The van der Waals surface area contributed by atoms with Crippen LogP contribution in [0.25, 0.3) is 0 Å². The highest BCUT2D eigenvalue weighted by atomic mass is 31.3. The summed E-state index contributed by atoms with van der Waals surface area (Å²) in [4.78, 5) is 39.8. The number of hydrogen-bond acceptors (Lipinski definition) is 17. The van der Waals surface area contributed by atoms with Gasteiger partial charge in [-0.25, -0.2) is 9.11 Å². The van der Waals surface area contributed by atoms with Gasteiger partial charge in [-0.2, -0.15) is 4.98 Å². The summed E-state index contributed by atoms with van der Waals surface area (Å²) >= 11 is 0. The number of phosphoric acid groups is 2. The average Bonchev–Trinajstić information content (AvgIpc) is 3.08. The number of phosphoric ester groups is 2. The lowest BCUT2D eigenvalue weighted by Gasteiger charge is -2.42. The SMILES string of the molecule is C[NH2+][C@@H]1[C@@H](OP(=O)([O-])OP(=O)([O-])OC[C@H]2O[C@@H](n3ccc(N)nc3=O)[C@H](O)[C@@H]2O)O[C@@H](CO)[C@H](O)[C@H]1O. The highest BCUT2D eigenvalue weighted by Gasteiger charge is 2.49. The van der Waals surface area contributed by atoms with E-state index in [-0.39, 0.29) is 5.82 Å². The molecule has 9 N–H and O–H groups in total. The quantitative estimate of drug-likeness (QED) is 0.127. The summed E-state index contributed by atoms with van der Waals surface area (Å²) in [7, 11) is -10.1. The van der Waals surface area contributed by atoms with Crippen molar-refractivity contribution >= 4 is 21.5 Å². The van der Waals surface area contributed by atoms with Gasteiger partial charge in [0.05, 0.1) is 20.3 Å². The Morgan fingerprint density at radius 1 is 1.11 bits per heavy atom. The van der Waals surface area contributed by atoms with E-state index in [1.54, 1.807) is 0 Å². The minimum Gasteiger partial charge on any atom is -0.756 e. The summed E-state index contributed by atoms with van der Waals surface area (Å²) in [6, 6.07) is -0.0549. The lowest BCUT2D eigenvalue weighted by atomic mass is 9.97. The zero-order chi connectivity index (χ0) is 27.7. The molecule has 1 aromatic rings. The number of nitrogens with zero attached hydrogens (tertiary/aromatic N) is 2. The molecule has 0 amide bonds. The topological polar surface area (TPSA) is 305 Å². The summed E-state index contributed by atoms with van der Waals surface area (Å²) in [5.41, 5.74) is 4.45. The van der Waals surface area contributed by atoms with Gasteiger partial charge < -0.3 is 60.4 Å². The Kier molecular flexibility index (Phi) is 9.61. The third kappa shape index (κ3) is 6.99. The first kappa shape index (κ1) is 30.2. The van der Waals surface area contributed by atoms with Gasteiger partial charge in [0, 0.05) is 6.20 Å². The van der Waals surface area contributed by atoms with Crippen LogP contribution in [0, 0.1) is 0 Å². The molecule has 0 aliphatic carbocycles. The van der Waals surface area contributed by atoms with Gasteiger partial charge in [0.15, 0.2) is 12.3 Å². The highest BCUT2D eigenvalue weighted by Crippen LogP contribution is 2.56. The second-order valence-corrected chi connectivity index (χ2v) is 11.0. The standard InChI is InChI=1S/C16H28N4O15P2/c1-18-9-12(24)10(22)6(4-21)33-15(9)34-37(29,30)35-36(27,28)31-5-7-11(23)13(25)14(32-7)20-3-2-8(17)19-16(20)26/h2-3,6-7,9-15,18,21-25H,4-5H2,1H3,(H,27,28)(H,29,30)(H2,17,19,26)/p-1/t6-,7+,9-,10-,11+,12-,13+,14+,15+/m0/s1. The molecule has 2 fully saturated rings. The normalized spacial score (nSPS) is 37.7. The van der Waals surface area contributed by atoms with Crippen molar-refractivity contribution in [1.82, 2.24) is 9.55 Å². The van der Waals surface area contributed by atoms with Gasteiger partial charge in [0.2, 0.25) is 6.29 Å². The summed E-state index contributed by atoms with van der Waals surface area (Å²) < 4.78 is 48.6. The molecular weight excluding hydrogens is 550 g/mol.